The Hall–Kier alpha value is -2.79. The van der Waals surface area contributed by atoms with Crippen LogP contribution in [0.25, 0.3) is 0 Å². The molecule has 0 saturated carbocycles. The number of hydrogen-bond acceptors (Lipinski definition) is 9. The maximum Gasteiger partial charge on any atom is 0.334 e. The van der Waals surface area contributed by atoms with Gasteiger partial charge in [0.1, 0.15) is 12.1 Å². The third-order valence-corrected chi connectivity index (χ3v) is 6.02. The molecule has 4 N–H and O–H groups in total. The first-order chi connectivity index (χ1) is 17.7. The van der Waals surface area contributed by atoms with Crippen molar-refractivity contribution in [1.82, 2.24) is 10.6 Å². The molecule has 37 heavy (non-hydrogen) atoms. The third-order valence-electron chi connectivity index (χ3n) is 5.79. The smallest absolute Gasteiger partial charge is 0.334 e. The minimum atomic E-state index is -0.827. The molecule has 0 radical (unpaired) electrons. The third kappa shape index (κ3) is 11.9. The number of carbonyl (C=O) groups is 4. The minimum absolute atomic E-state index is 0.0574. The number of ether oxygens (including phenoxy) is 3. The van der Waals surface area contributed by atoms with E-state index in [9.17, 15) is 19.2 Å². The molecule has 10 nitrogen and oxygen atoms in total. The molecule has 1 unspecified atom stereocenters. The summed E-state index contributed by atoms with van der Waals surface area (Å²) in [5, 5.41) is 5.51. The fourth-order valence-corrected chi connectivity index (χ4v) is 3.69. The summed E-state index contributed by atoms with van der Waals surface area (Å²) in [4.78, 5) is 49.0. The molecule has 0 fully saturated rings. The van der Waals surface area contributed by atoms with E-state index in [0.29, 0.717) is 37.1 Å². The van der Waals surface area contributed by atoms with Crippen LogP contribution in [0.15, 0.2) is 18.2 Å². The summed E-state index contributed by atoms with van der Waals surface area (Å²) in [6, 6.07) is 3.90. The Balaban J connectivity index is 3.02. The maximum atomic E-state index is 13.1. The molecular weight excluding hydrogens is 498 g/mol. The number of nitrogens with one attached hydrogen (secondary N) is 2. The van der Waals surface area contributed by atoms with E-state index < -0.39 is 24.1 Å². The Labute approximate surface area is 224 Å². The van der Waals surface area contributed by atoms with Crippen molar-refractivity contribution < 1.29 is 33.4 Å². The zero-order valence-corrected chi connectivity index (χ0v) is 23.1. The van der Waals surface area contributed by atoms with E-state index in [0.717, 1.165) is 12.8 Å². The SMILES string of the molecule is CC[C@H](C)[C@H](NC(=O)CCCCCN)C(=O)Oc1ccc(C(CNC(=O)CCS)OC(C)=O)cc1OC. The van der Waals surface area contributed by atoms with Crippen molar-refractivity contribution in [3.63, 3.8) is 0 Å². The van der Waals surface area contributed by atoms with Crippen LogP contribution in [0.5, 0.6) is 11.5 Å². The molecule has 0 aliphatic carbocycles. The van der Waals surface area contributed by atoms with Gasteiger partial charge in [-0.05, 0) is 48.8 Å². The van der Waals surface area contributed by atoms with Gasteiger partial charge in [0.2, 0.25) is 11.8 Å². The lowest BCUT2D eigenvalue weighted by Gasteiger charge is -2.23. The molecule has 0 heterocycles. The monoisotopic (exact) mass is 539 g/mol. The predicted octanol–water partition coefficient (Wildman–Crippen LogP) is 2.69. The van der Waals surface area contributed by atoms with Crippen molar-refractivity contribution in [3.05, 3.63) is 23.8 Å². The van der Waals surface area contributed by atoms with Crippen molar-refractivity contribution in [3.8, 4) is 11.5 Å². The van der Waals surface area contributed by atoms with E-state index in [1.165, 1.54) is 20.1 Å². The topological polar surface area (TPSA) is 146 Å². The number of amides is 2. The number of thiol groups is 1. The first-order valence-electron chi connectivity index (χ1n) is 12.6. The number of methoxy groups -OCH3 is 1. The van der Waals surface area contributed by atoms with Gasteiger partial charge in [0.25, 0.3) is 0 Å². The highest BCUT2D eigenvalue weighted by Gasteiger charge is 2.29. The van der Waals surface area contributed by atoms with Crippen LogP contribution in [0, 0.1) is 5.92 Å². The zero-order valence-electron chi connectivity index (χ0n) is 22.2. The molecule has 0 saturated heterocycles. The highest BCUT2D eigenvalue weighted by molar-refractivity contribution is 7.80. The summed E-state index contributed by atoms with van der Waals surface area (Å²) < 4.78 is 16.4. The van der Waals surface area contributed by atoms with Crippen molar-refractivity contribution in [2.45, 2.75) is 71.4 Å². The summed E-state index contributed by atoms with van der Waals surface area (Å²) in [5.41, 5.74) is 6.04. The van der Waals surface area contributed by atoms with Crippen LogP contribution >= 0.6 is 12.6 Å². The molecule has 0 spiro atoms. The average molecular weight is 540 g/mol. The van der Waals surface area contributed by atoms with Gasteiger partial charge in [-0.15, -0.1) is 0 Å². The summed E-state index contributed by atoms with van der Waals surface area (Å²) in [5.74, 6) is -0.926. The predicted molar refractivity (Wildman–Crippen MR) is 144 cm³/mol. The lowest BCUT2D eigenvalue weighted by atomic mass is 9.99. The number of unbranched alkanes of at least 4 members (excludes halogenated alkanes) is 2. The fourth-order valence-electron chi connectivity index (χ4n) is 3.49. The largest absolute Gasteiger partial charge is 0.493 e. The Morgan fingerprint density at radius 3 is 2.38 bits per heavy atom. The van der Waals surface area contributed by atoms with E-state index in [1.807, 2.05) is 13.8 Å². The quantitative estimate of drug-likeness (QED) is 0.102. The van der Waals surface area contributed by atoms with Gasteiger partial charge in [-0.3, -0.25) is 14.4 Å². The standard InChI is InChI=1S/C26H41N3O7S/c1-5-17(2)25(29-24(32)9-7-6-8-13-27)26(33)36-20-11-10-19(15-21(20)34-4)22(35-18(3)30)16-28-23(31)12-14-37/h10-11,15,17,22,25,37H,5-9,12-14,16,27H2,1-4H3,(H,28,31)(H,29,32)/t17-,22?,25-/m0/s1. The lowest BCUT2D eigenvalue weighted by molar-refractivity contribution is -0.147. The van der Waals surface area contributed by atoms with E-state index in [4.69, 9.17) is 19.9 Å². The average Bonchev–Trinajstić information content (AvgIpc) is 2.87. The van der Waals surface area contributed by atoms with E-state index in [-0.39, 0.29) is 42.2 Å². The van der Waals surface area contributed by atoms with E-state index in [2.05, 4.69) is 23.3 Å². The molecule has 0 aromatic heterocycles. The van der Waals surface area contributed by atoms with Crippen LogP contribution < -0.4 is 25.8 Å². The molecule has 2 amide bonds. The van der Waals surface area contributed by atoms with Crippen molar-refractivity contribution in [2.75, 3.05) is 26.0 Å². The summed E-state index contributed by atoms with van der Waals surface area (Å²) in [6.07, 6.45) is 2.81. The summed E-state index contributed by atoms with van der Waals surface area (Å²) in [6.45, 7) is 5.71. The van der Waals surface area contributed by atoms with Crippen LogP contribution in [0.1, 0.15) is 71.0 Å². The van der Waals surface area contributed by atoms with E-state index >= 15 is 0 Å². The van der Waals surface area contributed by atoms with E-state index in [1.54, 1.807) is 12.1 Å². The maximum absolute atomic E-state index is 13.1. The Kier molecular flexibility index (Phi) is 15.4. The van der Waals surface area contributed by atoms with Crippen LogP contribution in [-0.4, -0.2) is 55.7 Å². The molecular formula is C26H41N3O7S. The molecule has 1 aromatic carbocycles. The van der Waals surface area contributed by atoms with Gasteiger partial charge in [-0.25, -0.2) is 4.79 Å². The Bertz CT molecular complexity index is 897. The molecule has 1 aromatic rings. The summed E-state index contributed by atoms with van der Waals surface area (Å²) in [7, 11) is 1.42. The number of esters is 2. The zero-order chi connectivity index (χ0) is 27.8. The highest BCUT2D eigenvalue weighted by Crippen LogP contribution is 2.32. The molecule has 3 atom stereocenters. The number of carbonyl (C=O) groups excluding carboxylic acids is 4. The second kappa shape index (κ2) is 17.6. The van der Waals surface area contributed by atoms with Gasteiger partial charge < -0.3 is 30.6 Å². The van der Waals surface area contributed by atoms with Crippen LogP contribution in [-0.2, 0) is 23.9 Å². The Morgan fingerprint density at radius 1 is 1.05 bits per heavy atom. The first kappa shape index (κ1) is 32.2. The molecule has 208 valence electrons. The number of nitrogens with two attached hydrogens (primary N) is 1. The molecule has 0 bridgehead atoms. The van der Waals surface area contributed by atoms with Gasteiger partial charge >= 0.3 is 11.9 Å². The highest BCUT2D eigenvalue weighted by atomic mass is 32.1. The summed E-state index contributed by atoms with van der Waals surface area (Å²) >= 11 is 4.04. The van der Waals surface area contributed by atoms with Gasteiger partial charge in [0, 0.05) is 19.8 Å². The van der Waals surface area contributed by atoms with Crippen LogP contribution in [0.3, 0.4) is 0 Å². The number of hydrogen-bond donors (Lipinski definition) is 4. The Morgan fingerprint density at radius 2 is 1.78 bits per heavy atom. The minimum Gasteiger partial charge on any atom is -0.493 e. The van der Waals surface area contributed by atoms with Crippen molar-refractivity contribution >= 4 is 36.4 Å². The second-order valence-electron chi connectivity index (χ2n) is 8.74. The lowest BCUT2D eigenvalue weighted by Crippen LogP contribution is -2.47. The number of benzene rings is 1. The first-order valence-corrected chi connectivity index (χ1v) is 13.2. The van der Waals surface area contributed by atoms with Crippen LogP contribution in [0.2, 0.25) is 0 Å². The van der Waals surface area contributed by atoms with Crippen LogP contribution in [0.4, 0.5) is 0 Å². The van der Waals surface area contributed by atoms with Crippen molar-refractivity contribution in [2.24, 2.45) is 11.7 Å². The molecule has 11 heteroatoms. The second-order valence-corrected chi connectivity index (χ2v) is 9.18. The molecule has 0 aliphatic rings. The molecule has 1 rings (SSSR count). The normalized spacial score (nSPS) is 13.1. The molecule has 0 aliphatic heterocycles. The van der Waals surface area contributed by atoms with Gasteiger partial charge in [-0.2, -0.15) is 12.6 Å². The van der Waals surface area contributed by atoms with Gasteiger partial charge in [-0.1, -0.05) is 32.8 Å². The fraction of sp³-hybridized carbons (Fsp3) is 0.615. The van der Waals surface area contributed by atoms with Gasteiger partial charge in [0.15, 0.2) is 11.5 Å². The van der Waals surface area contributed by atoms with Crippen molar-refractivity contribution in [1.29, 1.82) is 0 Å². The van der Waals surface area contributed by atoms with Gasteiger partial charge in [0.05, 0.1) is 13.7 Å². The number of rotatable bonds is 17.